The molecule has 0 radical (unpaired) electrons. The predicted molar refractivity (Wildman–Crippen MR) is 114 cm³/mol. The maximum atomic E-state index is 13.5. The molecule has 1 unspecified atom stereocenters. The largest absolute Gasteiger partial charge is 0.311 e. The predicted octanol–water partition coefficient (Wildman–Crippen LogP) is 3.94. The van der Waals surface area contributed by atoms with Crippen molar-refractivity contribution in [3.05, 3.63) is 53.8 Å². The van der Waals surface area contributed by atoms with Crippen molar-refractivity contribution in [2.75, 3.05) is 24.0 Å². The van der Waals surface area contributed by atoms with Gasteiger partial charge in [0, 0.05) is 43.6 Å². The van der Waals surface area contributed by atoms with Gasteiger partial charge in [0.2, 0.25) is 5.91 Å². The van der Waals surface area contributed by atoms with Crippen LogP contribution in [-0.4, -0.2) is 44.2 Å². The third-order valence-electron chi connectivity index (χ3n) is 5.16. The lowest BCUT2D eigenvalue weighted by Gasteiger charge is -2.27. The van der Waals surface area contributed by atoms with Crippen molar-refractivity contribution in [2.24, 2.45) is 0 Å². The standard InChI is InChI=1S/C21H24FN5OS/c1-14(28)24-19-11-16(7-8-23-19)20-18-12-26(13-29-2)9-10-27(18)25-21(20)15-3-5-17(22)6-4-15/h3,5-8,11,15H,4,9-10,12-13H2,1-2H3,(H,23,24,28). The summed E-state index contributed by atoms with van der Waals surface area (Å²) in [5, 5.41) is 7.69. The number of nitrogens with zero attached hydrogens (tertiary/aromatic N) is 4. The molecular formula is C21H24FN5OS. The molecule has 0 aromatic carbocycles. The molecule has 1 N–H and O–H groups in total. The minimum absolute atomic E-state index is 0.0222. The zero-order valence-corrected chi connectivity index (χ0v) is 17.4. The highest BCUT2D eigenvalue weighted by Gasteiger charge is 2.28. The second-order valence-corrected chi connectivity index (χ2v) is 8.14. The van der Waals surface area contributed by atoms with Gasteiger partial charge in [-0.3, -0.25) is 14.4 Å². The number of nitrogens with one attached hydrogen (secondary N) is 1. The van der Waals surface area contributed by atoms with Crippen molar-refractivity contribution >= 4 is 23.5 Å². The van der Waals surface area contributed by atoms with Crippen LogP contribution < -0.4 is 5.32 Å². The second kappa shape index (κ2) is 8.51. The van der Waals surface area contributed by atoms with Crippen LogP contribution in [0.25, 0.3) is 11.1 Å². The number of amides is 1. The highest BCUT2D eigenvalue weighted by atomic mass is 32.2. The van der Waals surface area contributed by atoms with Gasteiger partial charge in [-0.1, -0.05) is 6.08 Å². The number of pyridine rings is 1. The molecule has 0 bridgehead atoms. The molecule has 0 fully saturated rings. The Hall–Kier alpha value is -2.45. The molecule has 4 rings (SSSR count). The number of carbonyl (C=O) groups excluding carboxylic acids is 1. The van der Waals surface area contributed by atoms with Gasteiger partial charge in [-0.2, -0.15) is 5.10 Å². The van der Waals surface area contributed by atoms with Crippen molar-refractivity contribution < 1.29 is 9.18 Å². The first-order valence-electron chi connectivity index (χ1n) is 9.64. The molecule has 1 aliphatic heterocycles. The van der Waals surface area contributed by atoms with Gasteiger partial charge in [0.25, 0.3) is 0 Å². The molecule has 152 valence electrons. The molecule has 2 aromatic rings. The Morgan fingerprint density at radius 2 is 2.28 bits per heavy atom. The highest BCUT2D eigenvalue weighted by molar-refractivity contribution is 7.98. The fourth-order valence-corrected chi connectivity index (χ4v) is 4.47. The summed E-state index contributed by atoms with van der Waals surface area (Å²) in [5.41, 5.74) is 4.14. The van der Waals surface area contributed by atoms with Gasteiger partial charge in [0.1, 0.15) is 11.6 Å². The minimum atomic E-state index is -0.199. The first-order valence-corrected chi connectivity index (χ1v) is 11.0. The molecule has 1 amide bonds. The van der Waals surface area contributed by atoms with E-state index in [1.807, 2.05) is 30.0 Å². The van der Waals surface area contributed by atoms with Crippen LogP contribution in [0.4, 0.5) is 10.2 Å². The Balaban J connectivity index is 1.79. The number of aromatic nitrogens is 3. The summed E-state index contributed by atoms with van der Waals surface area (Å²) in [6, 6.07) is 3.84. The van der Waals surface area contributed by atoms with Crippen molar-refractivity contribution in [1.82, 2.24) is 19.7 Å². The molecule has 6 nitrogen and oxygen atoms in total. The summed E-state index contributed by atoms with van der Waals surface area (Å²) in [7, 11) is 0. The molecule has 2 aliphatic rings. The Kier molecular flexibility index (Phi) is 5.82. The molecule has 1 aliphatic carbocycles. The average molecular weight is 414 g/mol. The van der Waals surface area contributed by atoms with E-state index in [4.69, 9.17) is 5.10 Å². The van der Waals surface area contributed by atoms with E-state index in [1.165, 1.54) is 13.0 Å². The highest BCUT2D eigenvalue weighted by Crippen LogP contribution is 2.38. The lowest BCUT2D eigenvalue weighted by Crippen LogP contribution is -2.33. The summed E-state index contributed by atoms with van der Waals surface area (Å²) >= 11 is 1.81. The van der Waals surface area contributed by atoms with Crippen molar-refractivity contribution in [3.8, 4) is 11.1 Å². The molecule has 8 heteroatoms. The number of fused-ring (bicyclic) bond motifs is 1. The van der Waals surface area contributed by atoms with Crippen LogP contribution in [0.3, 0.4) is 0 Å². The Morgan fingerprint density at radius 1 is 1.41 bits per heavy atom. The van der Waals surface area contributed by atoms with Gasteiger partial charge in [0.05, 0.1) is 17.9 Å². The number of anilines is 1. The van der Waals surface area contributed by atoms with Gasteiger partial charge in [-0.25, -0.2) is 9.37 Å². The minimum Gasteiger partial charge on any atom is -0.311 e. The van der Waals surface area contributed by atoms with Crippen LogP contribution >= 0.6 is 11.8 Å². The first kappa shape index (κ1) is 19.8. The van der Waals surface area contributed by atoms with E-state index in [0.29, 0.717) is 12.2 Å². The number of thioether (sulfide) groups is 1. The zero-order valence-electron chi connectivity index (χ0n) is 16.6. The average Bonchev–Trinajstić information content (AvgIpc) is 3.07. The summed E-state index contributed by atoms with van der Waals surface area (Å²) in [4.78, 5) is 18.1. The van der Waals surface area contributed by atoms with E-state index in [-0.39, 0.29) is 17.7 Å². The summed E-state index contributed by atoms with van der Waals surface area (Å²) in [5.74, 6) is 1.14. The second-order valence-electron chi connectivity index (χ2n) is 7.30. The Bertz CT molecular complexity index is 983. The number of hydrogen-bond donors (Lipinski definition) is 1. The summed E-state index contributed by atoms with van der Waals surface area (Å²) in [6.07, 6.45) is 9.42. The molecule has 2 aromatic heterocycles. The molecule has 3 heterocycles. The maximum Gasteiger partial charge on any atom is 0.222 e. The van der Waals surface area contributed by atoms with E-state index in [2.05, 4.69) is 26.1 Å². The SMILES string of the molecule is CSCN1CCn2nc(C3C=CC(F)=CC3)c(-c3ccnc(NC(C)=O)c3)c2C1. The van der Waals surface area contributed by atoms with Crippen LogP contribution in [0.2, 0.25) is 0 Å². The number of halogens is 1. The molecule has 0 saturated heterocycles. The maximum absolute atomic E-state index is 13.5. The summed E-state index contributed by atoms with van der Waals surface area (Å²) in [6.45, 7) is 4.06. The Labute approximate surface area is 173 Å². The van der Waals surface area contributed by atoms with Crippen molar-refractivity contribution in [1.29, 1.82) is 0 Å². The van der Waals surface area contributed by atoms with E-state index in [1.54, 1.807) is 12.3 Å². The van der Waals surface area contributed by atoms with Gasteiger partial charge >= 0.3 is 0 Å². The zero-order chi connectivity index (χ0) is 20.4. The molecule has 29 heavy (non-hydrogen) atoms. The fourth-order valence-electron chi connectivity index (χ4n) is 3.89. The summed E-state index contributed by atoms with van der Waals surface area (Å²) < 4.78 is 15.6. The van der Waals surface area contributed by atoms with Gasteiger partial charge < -0.3 is 5.32 Å². The lowest BCUT2D eigenvalue weighted by atomic mass is 9.90. The third kappa shape index (κ3) is 4.28. The van der Waals surface area contributed by atoms with Gasteiger partial charge in [-0.15, -0.1) is 11.8 Å². The topological polar surface area (TPSA) is 63.1 Å². The first-order chi connectivity index (χ1) is 14.0. The molecule has 0 spiro atoms. The van der Waals surface area contributed by atoms with Crippen LogP contribution in [0.1, 0.15) is 30.7 Å². The fraction of sp³-hybridized carbons (Fsp3) is 0.381. The van der Waals surface area contributed by atoms with Crippen LogP contribution in [0, 0.1) is 0 Å². The van der Waals surface area contributed by atoms with Crippen LogP contribution in [0.5, 0.6) is 0 Å². The van der Waals surface area contributed by atoms with E-state index >= 15 is 0 Å². The van der Waals surface area contributed by atoms with E-state index in [0.717, 1.165) is 48.0 Å². The molecular weight excluding hydrogens is 389 g/mol. The van der Waals surface area contributed by atoms with Crippen molar-refractivity contribution in [3.63, 3.8) is 0 Å². The molecule has 0 saturated carbocycles. The molecule has 1 atom stereocenters. The van der Waals surface area contributed by atoms with Crippen LogP contribution in [-0.2, 0) is 17.9 Å². The van der Waals surface area contributed by atoms with E-state index in [9.17, 15) is 9.18 Å². The number of rotatable bonds is 5. The van der Waals surface area contributed by atoms with Gasteiger partial charge in [0.15, 0.2) is 0 Å². The van der Waals surface area contributed by atoms with Crippen molar-refractivity contribution in [2.45, 2.75) is 32.4 Å². The smallest absolute Gasteiger partial charge is 0.222 e. The normalized spacial score (nSPS) is 19.0. The quantitative estimate of drug-likeness (QED) is 0.805. The number of hydrogen-bond acceptors (Lipinski definition) is 5. The Morgan fingerprint density at radius 3 is 3.00 bits per heavy atom. The number of allylic oxidation sites excluding steroid dienone is 4. The van der Waals surface area contributed by atoms with Gasteiger partial charge in [-0.05, 0) is 42.5 Å². The monoisotopic (exact) mass is 413 g/mol. The van der Waals surface area contributed by atoms with Crippen LogP contribution in [0.15, 0.2) is 42.4 Å². The third-order valence-corrected chi connectivity index (χ3v) is 5.78. The number of carbonyl (C=O) groups is 1. The van der Waals surface area contributed by atoms with E-state index < -0.39 is 0 Å². The lowest BCUT2D eigenvalue weighted by molar-refractivity contribution is -0.114.